The maximum Gasteiger partial charge on any atom is 0.246 e. The fraction of sp³-hybridized carbons (Fsp3) is 0.643. The average Bonchev–Trinajstić information content (AvgIpc) is 3.17. The zero-order valence-corrected chi connectivity index (χ0v) is 13.0. The highest BCUT2D eigenvalue weighted by atomic mass is 32.2. The van der Waals surface area contributed by atoms with Crippen LogP contribution in [0.15, 0.2) is 18.7 Å². The molecule has 21 heavy (non-hydrogen) atoms. The molecular formula is C14H20N4O2S. The fourth-order valence-corrected chi connectivity index (χ4v) is 4.26. The average molecular weight is 308 g/mol. The van der Waals surface area contributed by atoms with Crippen LogP contribution in [0.1, 0.15) is 25.8 Å². The molecule has 3 heterocycles. The Morgan fingerprint density at radius 1 is 1.38 bits per heavy atom. The van der Waals surface area contributed by atoms with Crippen LogP contribution < -0.4 is 0 Å². The number of nitrogens with zero attached hydrogens (tertiary/aromatic N) is 4. The molecule has 2 saturated heterocycles. The Hall–Kier alpha value is -1.50. The number of imidazole rings is 1. The fourth-order valence-electron chi connectivity index (χ4n) is 3.05. The second-order valence-electron chi connectivity index (χ2n) is 5.59. The number of piperidine rings is 1. The van der Waals surface area contributed by atoms with Gasteiger partial charge in [0, 0.05) is 38.2 Å². The van der Waals surface area contributed by atoms with E-state index in [0.717, 1.165) is 19.4 Å². The molecule has 0 spiro atoms. The number of hydrogen-bond donors (Lipinski definition) is 0. The lowest BCUT2D eigenvalue weighted by Crippen LogP contribution is -2.51. The Morgan fingerprint density at radius 2 is 2.24 bits per heavy atom. The summed E-state index contributed by atoms with van der Waals surface area (Å²) in [7, 11) is 0. The highest BCUT2D eigenvalue weighted by Gasteiger charge is 2.37. The Balaban J connectivity index is 1.68. The van der Waals surface area contributed by atoms with Crippen LogP contribution in [0.4, 0.5) is 0 Å². The van der Waals surface area contributed by atoms with E-state index in [4.69, 9.17) is 0 Å². The molecule has 2 aliphatic rings. The summed E-state index contributed by atoms with van der Waals surface area (Å²) in [6, 6.07) is 0.0130. The van der Waals surface area contributed by atoms with Gasteiger partial charge in [0.05, 0.1) is 18.2 Å². The quantitative estimate of drug-likeness (QED) is 0.817. The van der Waals surface area contributed by atoms with Gasteiger partial charge in [-0.25, -0.2) is 4.98 Å². The molecule has 114 valence electrons. The zero-order chi connectivity index (χ0) is 14.8. The molecule has 6 nitrogen and oxygen atoms in total. The van der Waals surface area contributed by atoms with Crippen LogP contribution in [0, 0.1) is 0 Å². The monoisotopic (exact) mass is 308 g/mol. The summed E-state index contributed by atoms with van der Waals surface area (Å²) in [4.78, 5) is 32.0. The van der Waals surface area contributed by atoms with Crippen LogP contribution in [-0.2, 0) is 9.59 Å². The summed E-state index contributed by atoms with van der Waals surface area (Å²) >= 11 is 1.65. The number of rotatable bonds is 2. The molecule has 7 heteroatoms. The van der Waals surface area contributed by atoms with Crippen LogP contribution in [-0.4, -0.2) is 61.9 Å². The van der Waals surface area contributed by atoms with Crippen LogP contribution in [0.2, 0.25) is 0 Å². The molecule has 2 amide bonds. The summed E-state index contributed by atoms with van der Waals surface area (Å²) in [5, 5.41) is 0. The molecule has 2 aliphatic heterocycles. The molecule has 3 rings (SSSR count). The summed E-state index contributed by atoms with van der Waals surface area (Å²) in [5.41, 5.74) is 0. The molecule has 0 saturated carbocycles. The lowest BCUT2D eigenvalue weighted by atomic mass is 10.0. The van der Waals surface area contributed by atoms with Gasteiger partial charge >= 0.3 is 0 Å². The van der Waals surface area contributed by atoms with Crippen molar-refractivity contribution in [1.29, 1.82) is 0 Å². The van der Waals surface area contributed by atoms with Crippen LogP contribution in [0.3, 0.4) is 0 Å². The van der Waals surface area contributed by atoms with E-state index in [1.165, 1.54) is 6.92 Å². The molecule has 1 aromatic heterocycles. The van der Waals surface area contributed by atoms with E-state index < -0.39 is 0 Å². The second-order valence-corrected chi connectivity index (χ2v) is 6.59. The third-order valence-corrected chi connectivity index (χ3v) is 5.24. The van der Waals surface area contributed by atoms with E-state index in [1.807, 2.05) is 17.4 Å². The minimum absolute atomic E-state index is 0.0125. The molecule has 2 atom stereocenters. The minimum Gasteiger partial charge on any atom is -0.339 e. The second kappa shape index (κ2) is 6.09. The Labute approximate surface area is 128 Å². The molecule has 0 bridgehead atoms. The van der Waals surface area contributed by atoms with Gasteiger partial charge < -0.3 is 14.4 Å². The van der Waals surface area contributed by atoms with Gasteiger partial charge in [-0.05, 0) is 12.8 Å². The van der Waals surface area contributed by atoms with Gasteiger partial charge in [0.2, 0.25) is 11.8 Å². The van der Waals surface area contributed by atoms with Crippen molar-refractivity contribution in [1.82, 2.24) is 19.4 Å². The van der Waals surface area contributed by atoms with Crippen LogP contribution in [0.25, 0.3) is 0 Å². The number of carbonyl (C=O) groups is 2. The number of hydrogen-bond acceptors (Lipinski definition) is 4. The summed E-state index contributed by atoms with van der Waals surface area (Å²) in [5.74, 6) is 1.43. The molecule has 2 fully saturated rings. The predicted molar refractivity (Wildman–Crippen MR) is 80.7 cm³/mol. The highest BCUT2D eigenvalue weighted by Crippen LogP contribution is 2.26. The molecule has 0 aliphatic carbocycles. The maximum atomic E-state index is 12.7. The number of likely N-dealkylation sites (tertiary alicyclic amines) is 1. The number of thioether (sulfide) groups is 1. The van der Waals surface area contributed by atoms with Gasteiger partial charge in [0.25, 0.3) is 0 Å². The lowest BCUT2D eigenvalue weighted by molar-refractivity contribution is -0.143. The van der Waals surface area contributed by atoms with Crippen LogP contribution >= 0.6 is 11.8 Å². The van der Waals surface area contributed by atoms with E-state index in [9.17, 15) is 9.59 Å². The first-order valence-electron chi connectivity index (χ1n) is 7.28. The van der Waals surface area contributed by atoms with Crippen LogP contribution in [0.5, 0.6) is 0 Å². The maximum absolute atomic E-state index is 12.7. The normalized spacial score (nSPS) is 26.1. The third kappa shape index (κ3) is 2.92. The number of aromatic nitrogens is 2. The zero-order valence-electron chi connectivity index (χ0n) is 12.1. The molecule has 0 unspecified atom stereocenters. The van der Waals surface area contributed by atoms with E-state index >= 15 is 0 Å². The Morgan fingerprint density at radius 3 is 2.95 bits per heavy atom. The first kappa shape index (κ1) is 14.4. The van der Waals surface area contributed by atoms with E-state index in [0.29, 0.717) is 24.2 Å². The predicted octanol–water partition coefficient (Wildman–Crippen LogP) is 0.968. The Bertz CT molecular complexity index is 519. The Kier molecular flexibility index (Phi) is 4.19. The van der Waals surface area contributed by atoms with Crippen molar-refractivity contribution >= 4 is 23.6 Å². The highest BCUT2D eigenvalue weighted by molar-refractivity contribution is 7.99. The van der Waals surface area contributed by atoms with Crippen molar-refractivity contribution in [2.45, 2.75) is 31.8 Å². The standard InChI is InChI=1S/C14H20N4O2S/c1-11(19)18-10-21-8-13(18)14(20)16-5-2-3-12(7-16)17-6-4-15-9-17/h4,6,9,12-13H,2-3,5,7-8,10H2,1H3/t12-,13+/m0/s1. The lowest BCUT2D eigenvalue weighted by Gasteiger charge is -2.36. The topological polar surface area (TPSA) is 58.4 Å². The van der Waals surface area contributed by atoms with Crippen molar-refractivity contribution < 1.29 is 9.59 Å². The molecule has 1 aromatic rings. The molecule has 0 aromatic carbocycles. The van der Waals surface area contributed by atoms with Gasteiger partial charge in [-0.2, -0.15) is 0 Å². The summed E-state index contributed by atoms with van der Waals surface area (Å²) in [6.07, 6.45) is 7.59. The summed E-state index contributed by atoms with van der Waals surface area (Å²) in [6.45, 7) is 3.04. The molecule has 0 radical (unpaired) electrons. The summed E-state index contributed by atoms with van der Waals surface area (Å²) < 4.78 is 2.07. The van der Waals surface area contributed by atoms with Gasteiger partial charge in [0.1, 0.15) is 6.04 Å². The molecule has 0 N–H and O–H groups in total. The van der Waals surface area contributed by atoms with Crippen molar-refractivity contribution in [3.63, 3.8) is 0 Å². The van der Waals surface area contributed by atoms with E-state index in [2.05, 4.69) is 9.55 Å². The van der Waals surface area contributed by atoms with Crippen molar-refractivity contribution in [2.24, 2.45) is 0 Å². The van der Waals surface area contributed by atoms with Crippen molar-refractivity contribution in [3.05, 3.63) is 18.7 Å². The number of amides is 2. The van der Waals surface area contributed by atoms with Gasteiger partial charge in [-0.3, -0.25) is 9.59 Å². The van der Waals surface area contributed by atoms with Gasteiger partial charge in [-0.15, -0.1) is 11.8 Å². The minimum atomic E-state index is -0.283. The first-order chi connectivity index (χ1) is 10.2. The third-order valence-electron chi connectivity index (χ3n) is 4.23. The SMILES string of the molecule is CC(=O)N1CSC[C@@H]1C(=O)N1CCC[C@H](n2ccnc2)C1. The number of carbonyl (C=O) groups excluding carboxylic acids is 2. The smallest absolute Gasteiger partial charge is 0.246 e. The first-order valence-corrected chi connectivity index (χ1v) is 8.43. The largest absolute Gasteiger partial charge is 0.339 e. The molecular weight excluding hydrogens is 288 g/mol. The van der Waals surface area contributed by atoms with Crippen molar-refractivity contribution in [3.8, 4) is 0 Å². The van der Waals surface area contributed by atoms with Gasteiger partial charge in [0.15, 0.2) is 0 Å². The van der Waals surface area contributed by atoms with Crippen molar-refractivity contribution in [2.75, 3.05) is 24.7 Å². The van der Waals surface area contributed by atoms with E-state index in [-0.39, 0.29) is 17.9 Å². The van der Waals surface area contributed by atoms with E-state index in [1.54, 1.807) is 22.9 Å². The van der Waals surface area contributed by atoms with Gasteiger partial charge in [-0.1, -0.05) is 0 Å².